The molecule has 106 valence electrons. The number of methoxy groups -OCH3 is 2. The molecule has 0 radical (unpaired) electrons. The Kier molecular flexibility index (Phi) is 4.70. The Bertz CT molecular complexity index is 411. The van der Waals surface area contributed by atoms with E-state index in [1.54, 1.807) is 14.2 Å². The average molecular weight is 263 g/mol. The quantitative estimate of drug-likeness (QED) is 0.885. The van der Waals surface area contributed by atoms with E-state index in [0.717, 1.165) is 17.9 Å². The van der Waals surface area contributed by atoms with Gasteiger partial charge < -0.3 is 14.8 Å². The van der Waals surface area contributed by atoms with Gasteiger partial charge in [0.2, 0.25) is 0 Å². The third-order valence-electron chi connectivity index (χ3n) is 4.36. The Morgan fingerprint density at radius 1 is 1.11 bits per heavy atom. The second kappa shape index (κ2) is 6.29. The van der Waals surface area contributed by atoms with Gasteiger partial charge in [-0.05, 0) is 37.9 Å². The first-order valence-electron chi connectivity index (χ1n) is 7.13. The monoisotopic (exact) mass is 263 g/mol. The molecule has 0 aromatic heterocycles. The second-order valence-corrected chi connectivity index (χ2v) is 5.45. The van der Waals surface area contributed by atoms with Crippen LogP contribution in [0.2, 0.25) is 0 Å². The minimum absolute atomic E-state index is 0.236. The lowest BCUT2D eigenvalue weighted by Gasteiger charge is -2.37. The zero-order chi connectivity index (χ0) is 13.7. The van der Waals surface area contributed by atoms with E-state index in [0.29, 0.717) is 0 Å². The highest BCUT2D eigenvalue weighted by molar-refractivity contribution is 5.41. The van der Waals surface area contributed by atoms with Crippen molar-refractivity contribution in [1.29, 1.82) is 0 Å². The number of rotatable bonds is 5. The molecule has 2 rings (SSSR count). The molecule has 19 heavy (non-hydrogen) atoms. The molecule has 0 aliphatic heterocycles. The van der Waals surface area contributed by atoms with Crippen LogP contribution in [0, 0.1) is 0 Å². The van der Waals surface area contributed by atoms with Gasteiger partial charge in [0.05, 0.1) is 14.2 Å². The topological polar surface area (TPSA) is 30.5 Å². The maximum absolute atomic E-state index is 5.51. The predicted octanol–water partition coefficient (Wildman–Crippen LogP) is 3.17. The first kappa shape index (κ1) is 14.2. The van der Waals surface area contributed by atoms with Gasteiger partial charge >= 0.3 is 0 Å². The lowest BCUT2D eigenvalue weighted by Crippen LogP contribution is -2.46. The number of hydrogen-bond donors (Lipinski definition) is 1. The largest absolute Gasteiger partial charge is 0.497 e. The molecule has 1 aromatic carbocycles. The summed E-state index contributed by atoms with van der Waals surface area (Å²) < 4.78 is 10.8. The summed E-state index contributed by atoms with van der Waals surface area (Å²) in [4.78, 5) is 0. The van der Waals surface area contributed by atoms with Crippen molar-refractivity contribution in [2.45, 2.75) is 44.1 Å². The molecule has 0 heterocycles. The summed E-state index contributed by atoms with van der Waals surface area (Å²) in [5, 5.41) is 3.56. The van der Waals surface area contributed by atoms with Crippen LogP contribution in [0.15, 0.2) is 18.2 Å². The molecule has 0 saturated heterocycles. The first-order valence-corrected chi connectivity index (χ1v) is 7.13. The van der Waals surface area contributed by atoms with Gasteiger partial charge in [-0.15, -0.1) is 0 Å². The minimum Gasteiger partial charge on any atom is -0.497 e. The molecule has 0 spiro atoms. The lowest BCUT2D eigenvalue weighted by atomic mass is 9.77. The molecule has 1 N–H and O–H groups in total. The Labute approximate surface area is 116 Å². The Balaban J connectivity index is 2.21. The Morgan fingerprint density at radius 3 is 2.42 bits per heavy atom. The smallest absolute Gasteiger partial charge is 0.125 e. The minimum atomic E-state index is 0.236. The van der Waals surface area contributed by atoms with Gasteiger partial charge in [0.15, 0.2) is 0 Å². The highest BCUT2D eigenvalue weighted by Gasteiger charge is 2.31. The molecule has 3 heteroatoms. The summed E-state index contributed by atoms with van der Waals surface area (Å²) in [5.41, 5.74) is 1.50. The van der Waals surface area contributed by atoms with Crippen LogP contribution in [-0.4, -0.2) is 26.8 Å². The van der Waals surface area contributed by atoms with Crippen LogP contribution in [0.5, 0.6) is 11.5 Å². The average Bonchev–Trinajstić information content (AvgIpc) is 2.48. The van der Waals surface area contributed by atoms with E-state index in [9.17, 15) is 0 Å². The number of benzene rings is 1. The van der Waals surface area contributed by atoms with Crippen LogP contribution in [0.1, 0.15) is 37.7 Å². The van der Waals surface area contributed by atoms with Crippen molar-refractivity contribution in [3.8, 4) is 11.5 Å². The van der Waals surface area contributed by atoms with Gasteiger partial charge in [-0.2, -0.15) is 0 Å². The SMILES string of the molecule is CNC1(Cc2ccc(OC)cc2OC)CCCCC1. The van der Waals surface area contributed by atoms with Crippen LogP contribution >= 0.6 is 0 Å². The van der Waals surface area contributed by atoms with Gasteiger partial charge in [0, 0.05) is 11.6 Å². The standard InChI is InChI=1S/C16H25NO2/c1-17-16(9-5-4-6-10-16)12-13-7-8-14(18-2)11-15(13)19-3/h7-8,11,17H,4-6,9-10,12H2,1-3H3. The van der Waals surface area contributed by atoms with E-state index in [1.807, 2.05) is 12.1 Å². The molecule has 1 aliphatic carbocycles. The second-order valence-electron chi connectivity index (χ2n) is 5.45. The number of ether oxygens (including phenoxy) is 2. The predicted molar refractivity (Wildman–Crippen MR) is 78.1 cm³/mol. The summed E-state index contributed by atoms with van der Waals surface area (Å²) >= 11 is 0. The summed E-state index contributed by atoms with van der Waals surface area (Å²) in [7, 11) is 5.50. The van der Waals surface area contributed by atoms with E-state index in [1.165, 1.54) is 37.7 Å². The molecule has 1 aliphatic rings. The van der Waals surface area contributed by atoms with Crippen LogP contribution in [0.25, 0.3) is 0 Å². The zero-order valence-corrected chi connectivity index (χ0v) is 12.3. The van der Waals surface area contributed by atoms with E-state index in [4.69, 9.17) is 9.47 Å². The van der Waals surface area contributed by atoms with Crippen LogP contribution in [0.3, 0.4) is 0 Å². The van der Waals surface area contributed by atoms with Crippen molar-refractivity contribution >= 4 is 0 Å². The van der Waals surface area contributed by atoms with Crippen molar-refractivity contribution < 1.29 is 9.47 Å². The molecule has 1 fully saturated rings. The third kappa shape index (κ3) is 3.21. The molecule has 0 amide bonds. The molecular formula is C16H25NO2. The number of hydrogen-bond acceptors (Lipinski definition) is 3. The van der Waals surface area contributed by atoms with Crippen LogP contribution < -0.4 is 14.8 Å². The fraction of sp³-hybridized carbons (Fsp3) is 0.625. The van der Waals surface area contributed by atoms with E-state index in [-0.39, 0.29) is 5.54 Å². The Hall–Kier alpha value is -1.22. The van der Waals surface area contributed by atoms with Gasteiger partial charge in [0.25, 0.3) is 0 Å². The van der Waals surface area contributed by atoms with Crippen LogP contribution in [-0.2, 0) is 6.42 Å². The summed E-state index contributed by atoms with van der Waals surface area (Å²) in [6, 6.07) is 6.12. The van der Waals surface area contributed by atoms with Gasteiger partial charge in [0.1, 0.15) is 11.5 Å². The first-order chi connectivity index (χ1) is 9.23. The van der Waals surface area contributed by atoms with Crippen molar-refractivity contribution in [3.05, 3.63) is 23.8 Å². The highest BCUT2D eigenvalue weighted by atomic mass is 16.5. The lowest BCUT2D eigenvalue weighted by molar-refractivity contribution is 0.242. The molecule has 1 saturated carbocycles. The molecule has 0 unspecified atom stereocenters. The molecule has 3 nitrogen and oxygen atoms in total. The summed E-state index contributed by atoms with van der Waals surface area (Å²) in [6.07, 6.45) is 7.52. The van der Waals surface area contributed by atoms with Crippen LogP contribution in [0.4, 0.5) is 0 Å². The zero-order valence-electron chi connectivity index (χ0n) is 12.3. The van der Waals surface area contributed by atoms with E-state index >= 15 is 0 Å². The van der Waals surface area contributed by atoms with Crippen molar-refractivity contribution in [2.75, 3.05) is 21.3 Å². The summed E-state index contributed by atoms with van der Waals surface area (Å²) in [5.74, 6) is 1.78. The number of likely N-dealkylation sites (N-methyl/N-ethyl adjacent to an activating group) is 1. The normalized spacial score (nSPS) is 18.1. The summed E-state index contributed by atoms with van der Waals surface area (Å²) in [6.45, 7) is 0. The maximum atomic E-state index is 5.51. The fourth-order valence-corrected chi connectivity index (χ4v) is 3.11. The number of nitrogens with one attached hydrogen (secondary N) is 1. The third-order valence-corrected chi connectivity index (χ3v) is 4.36. The van der Waals surface area contributed by atoms with Gasteiger partial charge in [-0.3, -0.25) is 0 Å². The molecule has 0 atom stereocenters. The van der Waals surface area contributed by atoms with E-state index < -0.39 is 0 Å². The van der Waals surface area contributed by atoms with Crippen molar-refractivity contribution in [1.82, 2.24) is 5.32 Å². The highest BCUT2D eigenvalue weighted by Crippen LogP contribution is 2.34. The molecule has 1 aromatic rings. The molecule has 0 bridgehead atoms. The Morgan fingerprint density at radius 2 is 1.84 bits per heavy atom. The van der Waals surface area contributed by atoms with E-state index in [2.05, 4.69) is 18.4 Å². The maximum Gasteiger partial charge on any atom is 0.125 e. The molecular weight excluding hydrogens is 238 g/mol. The van der Waals surface area contributed by atoms with Crippen molar-refractivity contribution in [2.24, 2.45) is 0 Å². The van der Waals surface area contributed by atoms with Gasteiger partial charge in [-0.1, -0.05) is 25.3 Å². The fourth-order valence-electron chi connectivity index (χ4n) is 3.11. The van der Waals surface area contributed by atoms with Crippen molar-refractivity contribution in [3.63, 3.8) is 0 Å². The van der Waals surface area contributed by atoms with Gasteiger partial charge in [-0.25, -0.2) is 0 Å².